The molecule has 0 fully saturated rings. The largest absolute Gasteiger partial charge is 0.352 e. The molecule has 106 valence electrons. The Morgan fingerprint density at radius 2 is 1.68 bits per heavy atom. The molecule has 3 heteroatoms. The third kappa shape index (κ3) is 5.88. The number of carbonyl (C=O) groups excluding carboxylic acids is 1. The summed E-state index contributed by atoms with van der Waals surface area (Å²) in [4.78, 5) is 11.2. The van der Waals surface area contributed by atoms with Crippen LogP contribution in [0.15, 0.2) is 24.3 Å². The summed E-state index contributed by atoms with van der Waals surface area (Å²) < 4.78 is 1.02. The first-order chi connectivity index (χ1) is 8.96. The van der Waals surface area contributed by atoms with Gasteiger partial charge in [-0.25, -0.2) is 0 Å². The van der Waals surface area contributed by atoms with Crippen molar-refractivity contribution in [2.75, 3.05) is 20.6 Å². The van der Waals surface area contributed by atoms with Gasteiger partial charge < -0.3 is 9.80 Å². The van der Waals surface area contributed by atoms with E-state index in [4.69, 9.17) is 0 Å². The molecule has 0 spiro atoms. The van der Waals surface area contributed by atoms with E-state index in [1.807, 2.05) is 6.92 Å². The van der Waals surface area contributed by atoms with Crippen molar-refractivity contribution in [3.05, 3.63) is 35.4 Å². The van der Waals surface area contributed by atoms with Crippen molar-refractivity contribution in [3.8, 4) is 0 Å². The maximum Gasteiger partial charge on any atom is 0.219 e. The number of hydrogen-bond donors (Lipinski definition) is 1. The zero-order valence-corrected chi connectivity index (χ0v) is 12.7. The third-order valence-electron chi connectivity index (χ3n) is 3.27. The van der Waals surface area contributed by atoms with Gasteiger partial charge in [-0.2, -0.15) is 0 Å². The summed E-state index contributed by atoms with van der Waals surface area (Å²) in [7, 11) is 4.53. The van der Waals surface area contributed by atoms with Crippen molar-refractivity contribution in [1.29, 1.82) is 0 Å². The van der Waals surface area contributed by atoms with Gasteiger partial charge in [0.05, 0.1) is 20.6 Å². The molecule has 0 heterocycles. The Labute approximate surface area is 117 Å². The lowest BCUT2D eigenvalue weighted by atomic mass is 10.1. The monoisotopic (exact) mass is 263 g/mol. The van der Waals surface area contributed by atoms with Gasteiger partial charge in [-0.3, -0.25) is 4.79 Å². The third-order valence-corrected chi connectivity index (χ3v) is 3.27. The van der Waals surface area contributed by atoms with Crippen molar-refractivity contribution >= 4 is 5.91 Å². The van der Waals surface area contributed by atoms with Crippen molar-refractivity contribution < 1.29 is 9.28 Å². The Morgan fingerprint density at radius 3 is 2.21 bits per heavy atom. The Kier molecular flexibility index (Phi) is 6.03. The summed E-state index contributed by atoms with van der Waals surface area (Å²) in [6.07, 6.45) is 1.74. The van der Waals surface area contributed by atoms with E-state index in [2.05, 4.69) is 50.6 Å². The molecular formula is C16H27N2O+. The van der Waals surface area contributed by atoms with E-state index in [1.54, 1.807) is 0 Å². The SMILES string of the molecule is CCC[N+](C)(C)Cc1ccc(CNC(=O)CC)cc1. The average Bonchev–Trinajstić information content (AvgIpc) is 2.37. The maximum atomic E-state index is 11.2. The van der Waals surface area contributed by atoms with Gasteiger partial charge in [0.25, 0.3) is 0 Å². The second-order valence-electron chi connectivity index (χ2n) is 5.76. The van der Waals surface area contributed by atoms with E-state index >= 15 is 0 Å². The summed E-state index contributed by atoms with van der Waals surface area (Å²) >= 11 is 0. The molecule has 0 saturated heterocycles. The predicted molar refractivity (Wildman–Crippen MR) is 79.6 cm³/mol. The molecule has 0 bridgehead atoms. The average molecular weight is 263 g/mol. The lowest BCUT2D eigenvalue weighted by Gasteiger charge is -2.29. The number of nitrogens with one attached hydrogen (secondary N) is 1. The minimum absolute atomic E-state index is 0.102. The minimum atomic E-state index is 0.102. The molecule has 0 unspecified atom stereocenters. The van der Waals surface area contributed by atoms with Gasteiger partial charge in [-0.05, 0) is 12.0 Å². The first-order valence-electron chi connectivity index (χ1n) is 7.13. The Morgan fingerprint density at radius 1 is 1.11 bits per heavy atom. The molecule has 0 radical (unpaired) electrons. The highest BCUT2D eigenvalue weighted by molar-refractivity contribution is 5.75. The van der Waals surface area contributed by atoms with E-state index in [9.17, 15) is 4.79 Å². The smallest absolute Gasteiger partial charge is 0.219 e. The van der Waals surface area contributed by atoms with Crippen LogP contribution < -0.4 is 5.32 Å². The fraction of sp³-hybridized carbons (Fsp3) is 0.562. The fourth-order valence-corrected chi connectivity index (χ4v) is 2.27. The fourth-order valence-electron chi connectivity index (χ4n) is 2.27. The van der Waals surface area contributed by atoms with E-state index < -0.39 is 0 Å². The molecule has 0 aliphatic heterocycles. The van der Waals surface area contributed by atoms with Crippen molar-refractivity contribution in [2.45, 2.75) is 39.8 Å². The number of nitrogens with zero attached hydrogens (tertiary/aromatic N) is 1. The first kappa shape index (κ1) is 15.7. The van der Waals surface area contributed by atoms with Crippen LogP contribution in [0.3, 0.4) is 0 Å². The zero-order chi connectivity index (χ0) is 14.3. The van der Waals surface area contributed by atoms with Gasteiger partial charge in [0, 0.05) is 18.5 Å². The maximum absolute atomic E-state index is 11.2. The lowest BCUT2D eigenvalue weighted by Crippen LogP contribution is -2.39. The summed E-state index contributed by atoms with van der Waals surface area (Å²) in [5.41, 5.74) is 2.51. The van der Waals surface area contributed by atoms with Gasteiger partial charge in [-0.1, -0.05) is 38.1 Å². The number of quaternary nitrogens is 1. The normalized spacial score (nSPS) is 11.4. The van der Waals surface area contributed by atoms with E-state index in [0.717, 1.165) is 16.6 Å². The molecule has 0 saturated carbocycles. The number of carbonyl (C=O) groups is 1. The van der Waals surface area contributed by atoms with Crippen LogP contribution in [0.1, 0.15) is 37.8 Å². The molecule has 1 N–H and O–H groups in total. The van der Waals surface area contributed by atoms with Gasteiger partial charge in [-0.15, -0.1) is 0 Å². The molecule has 0 aliphatic rings. The molecule has 1 aromatic carbocycles. The highest BCUT2D eigenvalue weighted by Crippen LogP contribution is 2.11. The second-order valence-corrected chi connectivity index (χ2v) is 5.76. The Hall–Kier alpha value is -1.35. The van der Waals surface area contributed by atoms with Gasteiger partial charge >= 0.3 is 0 Å². The quantitative estimate of drug-likeness (QED) is 0.753. The Balaban J connectivity index is 2.54. The van der Waals surface area contributed by atoms with E-state index in [0.29, 0.717) is 13.0 Å². The van der Waals surface area contributed by atoms with Crippen LogP contribution in [0.5, 0.6) is 0 Å². The summed E-state index contributed by atoms with van der Waals surface area (Å²) in [6, 6.07) is 8.56. The number of benzene rings is 1. The molecule has 0 aliphatic carbocycles. The molecule has 19 heavy (non-hydrogen) atoms. The van der Waals surface area contributed by atoms with Crippen molar-refractivity contribution in [2.24, 2.45) is 0 Å². The Bertz CT molecular complexity index is 396. The summed E-state index contributed by atoms with van der Waals surface area (Å²) in [5.74, 6) is 0.102. The minimum Gasteiger partial charge on any atom is -0.352 e. The summed E-state index contributed by atoms with van der Waals surface area (Å²) in [6.45, 7) is 6.95. The van der Waals surface area contributed by atoms with Crippen LogP contribution in [-0.4, -0.2) is 31.0 Å². The predicted octanol–water partition coefficient (Wildman–Crippen LogP) is 2.70. The van der Waals surface area contributed by atoms with E-state index in [-0.39, 0.29) is 5.91 Å². The standard InChI is InChI=1S/C16H26N2O/c1-5-11-18(3,4)13-15-9-7-14(8-10-15)12-17-16(19)6-2/h7-10H,5-6,11-13H2,1-4H3/p+1. The van der Waals surface area contributed by atoms with Crippen LogP contribution in [0.25, 0.3) is 0 Å². The van der Waals surface area contributed by atoms with Gasteiger partial charge in [0.15, 0.2) is 0 Å². The van der Waals surface area contributed by atoms with Crippen LogP contribution in [0.2, 0.25) is 0 Å². The second kappa shape index (κ2) is 7.29. The first-order valence-corrected chi connectivity index (χ1v) is 7.13. The van der Waals surface area contributed by atoms with Crippen molar-refractivity contribution in [1.82, 2.24) is 5.32 Å². The topological polar surface area (TPSA) is 29.1 Å². The molecular weight excluding hydrogens is 236 g/mol. The van der Waals surface area contributed by atoms with Crippen LogP contribution in [-0.2, 0) is 17.9 Å². The van der Waals surface area contributed by atoms with Gasteiger partial charge in [0.1, 0.15) is 6.54 Å². The molecule has 3 nitrogen and oxygen atoms in total. The van der Waals surface area contributed by atoms with Crippen LogP contribution >= 0.6 is 0 Å². The summed E-state index contributed by atoms with van der Waals surface area (Å²) in [5, 5.41) is 2.89. The molecule has 1 aromatic rings. The number of amides is 1. The van der Waals surface area contributed by atoms with Crippen molar-refractivity contribution in [3.63, 3.8) is 0 Å². The van der Waals surface area contributed by atoms with Gasteiger partial charge in [0.2, 0.25) is 5.91 Å². The van der Waals surface area contributed by atoms with E-state index in [1.165, 1.54) is 18.5 Å². The highest BCUT2D eigenvalue weighted by Gasteiger charge is 2.14. The van der Waals surface area contributed by atoms with Crippen LogP contribution in [0.4, 0.5) is 0 Å². The lowest BCUT2D eigenvalue weighted by molar-refractivity contribution is -0.903. The molecule has 1 amide bonds. The highest BCUT2D eigenvalue weighted by atomic mass is 16.1. The van der Waals surface area contributed by atoms with Crippen LogP contribution in [0, 0.1) is 0 Å². The molecule has 0 aromatic heterocycles. The number of hydrogen-bond acceptors (Lipinski definition) is 1. The zero-order valence-electron chi connectivity index (χ0n) is 12.7. The molecule has 0 atom stereocenters. The molecule has 1 rings (SSSR count). The number of rotatable bonds is 7.